The van der Waals surface area contributed by atoms with Gasteiger partial charge in [0.05, 0.1) is 6.04 Å². The lowest BCUT2D eigenvalue weighted by Crippen LogP contribution is -2.31. The van der Waals surface area contributed by atoms with Gasteiger partial charge in [-0.05, 0) is 37.5 Å². The smallest absolute Gasteiger partial charge is 0.223 e. The summed E-state index contributed by atoms with van der Waals surface area (Å²) in [5, 5.41) is 3.11. The maximum absolute atomic E-state index is 12.2. The number of carbonyl (C=O) groups is 1. The number of hydrogen-bond acceptors (Lipinski definition) is 3. The van der Waals surface area contributed by atoms with E-state index in [1.54, 1.807) is 0 Å². The highest BCUT2D eigenvalue weighted by molar-refractivity contribution is 5.79. The van der Waals surface area contributed by atoms with Crippen LogP contribution in [-0.2, 0) is 4.79 Å². The van der Waals surface area contributed by atoms with Gasteiger partial charge in [-0.15, -0.1) is 0 Å². The van der Waals surface area contributed by atoms with Crippen molar-refractivity contribution in [2.24, 2.45) is 5.92 Å². The van der Waals surface area contributed by atoms with E-state index in [0.717, 1.165) is 29.9 Å². The van der Waals surface area contributed by atoms with Gasteiger partial charge < -0.3 is 14.8 Å². The monoisotopic (exact) mass is 275 g/mol. The number of benzene rings is 1. The highest BCUT2D eigenvalue weighted by atomic mass is 16.6. The molecule has 1 heterocycles. The Balaban J connectivity index is 1.67. The van der Waals surface area contributed by atoms with Crippen molar-refractivity contribution in [1.82, 2.24) is 5.32 Å². The molecule has 108 valence electrons. The average Bonchev–Trinajstić information content (AvgIpc) is 3.01. The van der Waals surface area contributed by atoms with E-state index in [1.807, 2.05) is 25.1 Å². The molecule has 1 aromatic carbocycles. The highest BCUT2D eigenvalue weighted by Gasteiger charge is 2.24. The molecule has 0 unspecified atom stereocenters. The van der Waals surface area contributed by atoms with E-state index in [-0.39, 0.29) is 17.9 Å². The van der Waals surface area contributed by atoms with Crippen molar-refractivity contribution in [3.8, 4) is 11.5 Å². The SMILES string of the molecule is C[C@@H](NC(=O)C1CCCC1)c1ccc2c(c1)OCCO2. The summed E-state index contributed by atoms with van der Waals surface area (Å²) in [6.45, 7) is 3.19. The van der Waals surface area contributed by atoms with Crippen LogP contribution in [0.25, 0.3) is 0 Å². The molecule has 1 N–H and O–H groups in total. The predicted octanol–water partition coefficient (Wildman–Crippen LogP) is 2.83. The number of nitrogens with one attached hydrogen (secondary N) is 1. The molecule has 4 nitrogen and oxygen atoms in total. The number of fused-ring (bicyclic) bond motifs is 1. The summed E-state index contributed by atoms with van der Waals surface area (Å²) in [5.74, 6) is 1.95. The molecular formula is C16H21NO3. The fourth-order valence-corrected chi connectivity index (χ4v) is 2.93. The van der Waals surface area contributed by atoms with Gasteiger partial charge in [-0.2, -0.15) is 0 Å². The molecule has 0 bridgehead atoms. The molecule has 1 aromatic rings. The van der Waals surface area contributed by atoms with Crippen molar-refractivity contribution in [1.29, 1.82) is 0 Å². The molecule has 1 saturated carbocycles. The molecule has 1 aliphatic carbocycles. The molecule has 4 heteroatoms. The van der Waals surface area contributed by atoms with Gasteiger partial charge in [0.2, 0.25) is 5.91 Å². The Kier molecular flexibility index (Phi) is 3.81. The Hall–Kier alpha value is -1.71. The average molecular weight is 275 g/mol. The molecule has 1 amide bonds. The van der Waals surface area contributed by atoms with E-state index >= 15 is 0 Å². The quantitative estimate of drug-likeness (QED) is 0.922. The number of amides is 1. The lowest BCUT2D eigenvalue weighted by molar-refractivity contribution is -0.125. The third kappa shape index (κ3) is 2.74. The molecule has 0 aromatic heterocycles. The fourth-order valence-electron chi connectivity index (χ4n) is 2.93. The molecule has 1 aliphatic heterocycles. The molecule has 1 atom stereocenters. The molecule has 2 aliphatic rings. The zero-order valence-electron chi connectivity index (χ0n) is 11.9. The van der Waals surface area contributed by atoms with Crippen LogP contribution < -0.4 is 14.8 Å². The highest BCUT2D eigenvalue weighted by Crippen LogP contribution is 2.33. The summed E-state index contributed by atoms with van der Waals surface area (Å²) in [5.41, 5.74) is 1.06. The lowest BCUT2D eigenvalue weighted by atomic mass is 10.0. The van der Waals surface area contributed by atoms with Crippen LogP contribution in [0.2, 0.25) is 0 Å². The first-order valence-corrected chi connectivity index (χ1v) is 7.44. The Morgan fingerprint density at radius 1 is 1.20 bits per heavy atom. The van der Waals surface area contributed by atoms with Crippen molar-refractivity contribution in [2.45, 2.75) is 38.6 Å². The number of hydrogen-bond donors (Lipinski definition) is 1. The first kappa shape index (κ1) is 13.3. The molecule has 0 radical (unpaired) electrons. The van der Waals surface area contributed by atoms with Crippen LogP contribution in [0.5, 0.6) is 11.5 Å². The van der Waals surface area contributed by atoms with Gasteiger partial charge >= 0.3 is 0 Å². The van der Waals surface area contributed by atoms with Crippen molar-refractivity contribution >= 4 is 5.91 Å². The van der Waals surface area contributed by atoms with Crippen molar-refractivity contribution < 1.29 is 14.3 Å². The standard InChI is InChI=1S/C16H21NO3/c1-11(17-16(18)12-4-2-3-5-12)13-6-7-14-15(10-13)20-9-8-19-14/h6-7,10-12H,2-5,8-9H2,1H3,(H,17,18)/t11-/m1/s1. The molecule has 3 rings (SSSR count). The van der Waals surface area contributed by atoms with Gasteiger partial charge in [-0.1, -0.05) is 18.9 Å². The summed E-state index contributed by atoms with van der Waals surface area (Å²) < 4.78 is 11.1. The van der Waals surface area contributed by atoms with Crippen molar-refractivity contribution in [2.75, 3.05) is 13.2 Å². The van der Waals surface area contributed by atoms with Crippen LogP contribution in [0.4, 0.5) is 0 Å². The first-order chi connectivity index (χ1) is 9.74. The molecule has 1 fully saturated rings. The topological polar surface area (TPSA) is 47.6 Å². The van der Waals surface area contributed by atoms with E-state index < -0.39 is 0 Å². The Morgan fingerprint density at radius 2 is 1.90 bits per heavy atom. The van der Waals surface area contributed by atoms with Gasteiger partial charge in [0.1, 0.15) is 13.2 Å². The number of rotatable bonds is 3. The third-order valence-corrected chi connectivity index (χ3v) is 4.15. The van der Waals surface area contributed by atoms with E-state index in [0.29, 0.717) is 13.2 Å². The minimum absolute atomic E-state index is 0.000994. The largest absolute Gasteiger partial charge is 0.486 e. The minimum Gasteiger partial charge on any atom is -0.486 e. The zero-order chi connectivity index (χ0) is 13.9. The minimum atomic E-state index is -0.000994. The van der Waals surface area contributed by atoms with E-state index in [4.69, 9.17) is 9.47 Å². The van der Waals surface area contributed by atoms with Gasteiger partial charge in [0, 0.05) is 5.92 Å². The zero-order valence-corrected chi connectivity index (χ0v) is 11.9. The van der Waals surface area contributed by atoms with Crippen molar-refractivity contribution in [3.05, 3.63) is 23.8 Å². The summed E-state index contributed by atoms with van der Waals surface area (Å²) in [6.07, 6.45) is 4.41. The van der Waals surface area contributed by atoms with Gasteiger partial charge in [-0.3, -0.25) is 4.79 Å². The molecule has 0 saturated heterocycles. The van der Waals surface area contributed by atoms with Crippen LogP contribution in [0.3, 0.4) is 0 Å². The molecule has 20 heavy (non-hydrogen) atoms. The third-order valence-electron chi connectivity index (χ3n) is 4.15. The number of carbonyl (C=O) groups excluding carboxylic acids is 1. The van der Waals surface area contributed by atoms with E-state index in [9.17, 15) is 4.79 Å². The van der Waals surface area contributed by atoms with Gasteiger partial charge in [0.25, 0.3) is 0 Å². The first-order valence-electron chi connectivity index (χ1n) is 7.44. The second kappa shape index (κ2) is 5.73. The summed E-state index contributed by atoms with van der Waals surface area (Å²) in [7, 11) is 0. The van der Waals surface area contributed by atoms with E-state index in [2.05, 4.69) is 5.32 Å². The van der Waals surface area contributed by atoms with E-state index in [1.165, 1.54) is 12.8 Å². The van der Waals surface area contributed by atoms with Gasteiger partial charge in [0.15, 0.2) is 11.5 Å². The summed E-state index contributed by atoms with van der Waals surface area (Å²) in [6, 6.07) is 5.88. The normalized spacial score (nSPS) is 19.6. The predicted molar refractivity (Wildman–Crippen MR) is 75.9 cm³/mol. The maximum Gasteiger partial charge on any atom is 0.223 e. The lowest BCUT2D eigenvalue weighted by Gasteiger charge is -2.22. The van der Waals surface area contributed by atoms with Crippen LogP contribution in [0.15, 0.2) is 18.2 Å². The van der Waals surface area contributed by atoms with Crippen LogP contribution in [0, 0.1) is 5.92 Å². The summed E-state index contributed by atoms with van der Waals surface area (Å²) in [4.78, 5) is 12.2. The second-order valence-corrected chi connectivity index (χ2v) is 5.61. The molecule has 0 spiro atoms. The molecular weight excluding hydrogens is 254 g/mol. The Morgan fingerprint density at radius 3 is 2.65 bits per heavy atom. The number of ether oxygens (including phenoxy) is 2. The fraction of sp³-hybridized carbons (Fsp3) is 0.562. The van der Waals surface area contributed by atoms with Crippen LogP contribution >= 0.6 is 0 Å². The second-order valence-electron chi connectivity index (χ2n) is 5.61. The van der Waals surface area contributed by atoms with Crippen LogP contribution in [0.1, 0.15) is 44.2 Å². The van der Waals surface area contributed by atoms with Gasteiger partial charge in [-0.25, -0.2) is 0 Å². The Labute approximate surface area is 119 Å². The maximum atomic E-state index is 12.2. The van der Waals surface area contributed by atoms with Crippen LogP contribution in [-0.4, -0.2) is 19.1 Å². The van der Waals surface area contributed by atoms with Crippen molar-refractivity contribution in [3.63, 3.8) is 0 Å². The Bertz CT molecular complexity index is 494. The summed E-state index contributed by atoms with van der Waals surface area (Å²) >= 11 is 0.